The number of hydrogen-bond acceptors (Lipinski definition) is 2. The Morgan fingerprint density at radius 3 is 2.48 bits per heavy atom. The van der Waals surface area contributed by atoms with Crippen LogP contribution in [0.15, 0.2) is 60.7 Å². The Morgan fingerprint density at radius 2 is 1.71 bits per heavy atom. The third kappa shape index (κ3) is 2.79. The van der Waals surface area contributed by atoms with E-state index in [2.05, 4.69) is 30.3 Å². The first-order valence-corrected chi connectivity index (χ1v) is 7.02. The van der Waals surface area contributed by atoms with E-state index < -0.39 is 0 Å². The Kier molecular flexibility index (Phi) is 3.69. The van der Waals surface area contributed by atoms with Crippen LogP contribution < -0.4 is 4.74 Å². The fourth-order valence-corrected chi connectivity index (χ4v) is 2.48. The molecule has 0 N–H and O–H groups in total. The number of ether oxygens (including phenoxy) is 1. The van der Waals surface area contributed by atoms with Crippen molar-refractivity contribution < 1.29 is 9.53 Å². The lowest BCUT2D eigenvalue weighted by molar-refractivity contribution is 0.112. The molecule has 0 aliphatic heterocycles. The number of fused-ring (bicyclic) bond motifs is 1. The molecule has 0 fully saturated rings. The first-order chi connectivity index (χ1) is 10.3. The normalized spacial score (nSPS) is 10.5. The van der Waals surface area contributed by atoms with Crippen molar-refractivity contribution in [1.82, 2.24) is 0 Å². The van der Waals surface area contributed by atoms with Crippen molar-refractivity contribution in [3.05, 3.63) is 66.2 Å². The van der Waals surface area contributed by atoms with Crippen LogP contribution in [0, 0.1) is 0 Å². The molecule has 3 aromatic carbocycles. The van der Waals surface area contributed by atoms with Crippen molar-refractivity contribution in [2.75, 3.05) is 6.61 Å². The number of benzene rings is 3. The predicted molar refractivity (Wildman–Crippen MR) is 85.9 cm³/mol. The lowest BCUT2D eigenvalue weighted by Gasteiger charge is -2.09. The molecule has 0 aliphatic rings. The Bertz CT molecular complexity index is 790. The zero-order chi connectivity index (χ0) is 14.7. The molecular weight excluding hydrogens is 260 g/mol. The van der Waals surface area contributed by atoms with Crippen molar-refractivity contribution in [3.63, 3.8) is 0 Å². The number of hydrogen-bond donors (Lipinski definition) is 0. The molecule has 0 spiro atoms. The van der Waals surface area contributed by atoms with Crippen molar-refractivity contribution in [1.29, 1.82) is 0 Å². The van der Waals surface area contributed by atoms with E-state index in [9.17, 15) is 4.79 Å². The molecule has 2 nitrogen and oxygen atoms in total. The molecule has 0 saturated carbocycles. The van der Waals surface area contributed by atoms with Crippen LogP contribution in [0.5, 0.6) is 5.75 Å². The van der Waals surface area contributed by atoms with E-state index in [1.807, 2.05) is 31.2 Å². The van der Waals surface area contributed by atoms with Gasteiger partial charge in [-0.2, -0.15) is 0 Å². The molecule has 0 heterocycles. The van der Waals surface area contributed by atoms with Crippen LogP contribution in [-0.4, -0.2) is 12.9 Å². The highest BCUT2D eigenvalue weighted by atomic mass is 16.5. The second kappa shape index (κ2) is 5.80. The zero-order valence-electron chi connectivity index (χ0n) is 11.9. The maximum atomic E-state index is 11.1. The molecule has 0 saturated heterocycles. The smallest absolute Gasteiger partial charge is 0.150 e. The predicted octanol–water partition coefficient (Wildman–Crippen LogP) is 4.72. The largest absolute Gasteiger partial charge is 0.494 e. The summed E-state index contributed by atoms with van der Waals surface area (Å²) in [7, 11) is 0. The molecule has 0 atom stereocenters. The molecule has 3 rings (SSSR count). The fourth-order valence-electron chi connectivity index (χ4n) is 2.48. The Morgan fingerprint density at radius 1 is 0.905 bits per heavy atom. The van der Waals surface area contributed by atoms with Gasteiger partial charge in [-0.1, -0.05) is 36.4 Å². The van der Waals surface area contributed by atoms with E-state index in [1.54, 1.807) is 6.07 Å². The summed E-state index contributed by atoms with van der Waals surface area (Å²) in [4.78, 5) is 11.1. The molecule has 0 radical (unpaired) electrons. The molecule has 0 aliphatic carbocycles. The van der Waals surface area contributed by atoms with Gasteiger partial charge in [0.1, 0.15) is 12.0 Å². The van der Waals surface area contributed by atoms with Crippen molar-refractivity contribution in [3.8, 4) is 16.9 Å². The lowest BCUT2D eigenvalue weighted by atomic mass is 9.99. The summed E-state index contributed by atoms with van der Waals surface area (Å²) in [5, 5.41) is 2.39. The molecule has 21 heavy (non-hydrogen) atoms. The molecule has 0 amide bonds. The van der Waals surface area contributed by atoms with Crippen LogP contribution in [0.4, 0.5) is 0 Å². The van der Waals surface area contributed by atoms with E-state index in [-0.39, 0.29) is 0 Å². The van der Waals surface area contributed by atoms with Crippen LogP contribution in [0.1, 0.15) is 17.3 Å². The van der Waals surface area contributed by atoms with Gasteiger partial charge in [0, 0.05) is 5.56 Å². The molecule has 0 unspecified atom stereocenters. The second-order valence-electron chi connectivity index (χ2n) is 4.90. The first kappa shape index (κ1) is 13.4. The monoisotopic (exact) mass is 276 g/mol. The van der Waals surface area contributed by atoms with E-state index in [1.165, 1.54) is 10.8 Å². The Labute approximate surface area is 124 Å². The topological polar surface area (TPSA) is 26.3 Å². The minimum absolute atomic E-state index is 0.583. The summed E-state index contributed by atoms with van der Waals surface area (Å²) < 4.78 is 5.54. The maximum absolute atomic E-state index is 11.1. The summed E-state index contributed by atoms with van der Waals surface area (Å²) >= 11 is 0. The average molecular weight is 276 g/mol. The van der Waals surface area contributed by atoms with Crippen molar-refractivity contribution in [2.24, 2.45) is 0 Å². The summed E-state index contributed by atoms with van der Waals surface area (Å²) in [6.07, 6.45) is 0.854. The highest BCUT2D eigenvalue weighted by Gasteiger charge is 2.05. The van der Waals surface area contributed by atoms with Gasteiger partial charge in [0.25, 0.3) is 0 Å². The van der Waals surface area contributed by atoms with Crippen LogP contribution in [0.3, 0.4) is 0 Å². The summed E-state index contributed by atoms with van der Waals surface area (Å²) in [6.45, 7) is 2.52. The zero-order valence-corrected chi connectivity index (χ0v) is 11.9. The number of carbonyl (C=O) groups excluding carboxylic acids is 1. The number of carbonyl (C=O) groups is 1. The lowest BCUT2D eigenvalue weighted by Crippen LogP contribution is -1.93. The van der Waals surface area contributed by atoms with Crippen LogP contribution in [-0.2, 0) is 0 Å². The van der Waals surface area contributed by atoms with E-state index >= 15 is 0 Å². The van der Waals surface area contributed by atoms with E-state index in [0.717, 1.165) is 23.2 Å². The third-order valence-electron chi connectivity index (χ3n) is 3.46. The molecule has 3 aromatic rings. The van der Waals surface area contributed by atoms with E-state index in [4.69, 9.17) is 4.74 Å². The Hall–Kier alpha value is -2.61. The molecule has 0 aromatic heterocycles. The van der Waals surface area contributed by atoms with Crippen LogP contribution in [0.2, 0.25) is 0 Å². The SMILES string of the molecule is CCOc1cc(C=O)cc(-c2ccc3ccccc3c2)c1. The van der Waals surface area contributed by atoms with Gasteiger partial charge in [-0.05, 0) is 53.1 Å². The van der Waals surface area contributed by atoms with Gasteiger partial charge in [-0.25, -0.2) is 0 Å². The quantitative estimate of drug-likeness (QED) is 0.645. The standard InChI is InChI=1S/C19H16O2/c1-2-21-19-10-14(13-20)9-18(12-19)17-8-7-15-5-3-4-6-16(15)11-17/h3-13H,2H2,1H3. The van der Waals surface area contributed by atoms with Gasteiger partial charge in [0.15, 0.2) is 0 Å². The van der Waals surface area contributed by atoms with Crippen molar-refractivity contribution in [2.45, 2.75) is 6.92 Å². The average Bonchev–Trinajstić information content (AvgIpc) is 2.54. The van der Waals surface area contributed by atoms with Gasteiger partial charge in [0.2, 0.25) is 0 Å². The molecular formula is C19H16O2. The minimum Gasteiger partial charge on any atom is -0.494 e. The maximum Gasteiger partial charge on any atom is 0.150 e. The molecule has 0 bridgehead atoms. The minimum atomic E-state index is 0.583. The number of rotatable bonds is 4. The van der Waals surface area contributed by atoms with Gasteiger partial charge >= 0.3 is 0 Å². The van der Waals surface area contributed by atoms with Gasteiger partial charge in [-0.15, -0.1) is 0 Å². The number of aldehydes is 1. The second-order valence-corrected chi connectivity index (χ2v) is 4.90. The van der Waals surface area contributed by atoms with Gasteiger partial charge < -0.3 is 4.74 Å². The fraction of sp³-hybridized carbons (Fsp3) is 0.105. The van der Waals surface area contributed by atoms with E-state index in [0.29, 0.717) is 12.2 Å². The highest BCUT2D eigenvalue weighted by Crippen LogP contribution is 2.28. The first-order valence-electron chi connectivity index (χ1n) is 7.02. The van der Waals surface area contributed by atoms with Gasteiger partial charge in [0.05, 0.1) is 6.61 Å². The Balaban J connectivity index is 2.12. The van der Waals surface area contributed by atoms with Gasteiger partial charge in [-0.3, -0.25) is 4.79 Å². The molecule has 2 heteroatoms. The van der Waals surface area contributed by atoms with Crippen LogP contribution in [0.25, 0.3) is 21.9 Å². The van der Waals surface area contributed by atoms with Crippen LogP contribution >= 0.6 is 0 Å². The summed E-state index contributed by atoms with van der Waals surface area (Å²) in [6, 6.07) is 20.2. The highest BCUT2D eigenvalue weighted by molar-refractivity contribution is 5.88. The third-order valence-corrected chi connectivity index (χ3v) is 3.46. The molecule has 104 valence electrons. The van der Waals surface area contributed by atoms with Crippen molar-refractivity contribution >= 4 is 17.1 Å². The summed E-state index contributed by atoms with van der Waals surface area (Å²) in [5.74, 6) is 0.727. The summed E-state index contributed by atoms with van der Waals surface area (Å²) in [5.41, 5.74) is 2.70.